The number of fused-ring (bicyclic) bond motifs is 9. The first-order chi connectivity index (χ1) is 23.3. The molecule has 0 spiro atoms. The molecule has 0 aliphatic carbocycles. The summed E-state index contributed by atoms with van der Waals surface area (Å²) in [6.45, 7) is 0. The van der Waals surface area contributed by atoms with Crippen LogP contribution >= 0.6 is 11.3 Å². The minimum atomic E-state index is 0.883. The smallest absolute Gasteiger partial charge is 0.137 e. The molecule has 0 bridgehead atoms. The normalized spacial score (nSPS) is 11.8. The number of nitrogens with zero attached hydrogens (tertiary/aromatic N) is 1. The molecule has 0 atom stereocenters. The van der Waals surface area contributed by atoms with E-state index in [1.54, 1.807) is 0 Å². The standard InChI is InChI=1S/C44H27NOS/c1-2-8-35-29(7-1)13-14-30-17-21-33(26-40(30)35)45(34-22-24-37-36-9-3-5-11-41(36)46-42(37)27-34)32-19-15-28(16-20-32)31-18-23-39-38-10-4-6-12-43(38)47-44(39)25-31/h1-27H. The summed E-state index contributed by atoms with van der Waals surface area (Å²) in [4.78, 5) is 2.34. The Morgan fingerprint density at radius 3 is 1.85 bits per heavy atom. The van der Waals surface area contributed by atoms with Crippen molar-refractivity contribution in [1.29, 1.82) is 0 Å². The van der Waals surface area contributed by atoms with E-state index in [0.717, 1.165) is 39.0 Å². The first kappa shape index (κ1) is 26.3. The molecule has 220 valence electrons. The van der Waals surface area contributed by atoms with Gasteiger partial charge in [-0.15, -0.1) is 11.3 Å². The largest absolute Gasteiger partial charge is 0.456 e. The second-order valence-corrected chi connectivity index (χ2v) is 13.2. The van der Waals surface area contributed by atoms with E-state index < -0.39 is 0 Å². The van der Waals surface area contributed by atoms with Gasteiger partial charge >= 0.3 is 0 Å². The van der Waals surface area contributed by atoms with Crippen molar-refractivity contribution in [2.75, 3.05) is 4.90 Å². The second kappa shape index (κ2) is 10.3. The summed E-state index contributed by atoms with van der Waals surface area (Å²) in [6, 6.07) is 59.1. The highest BCUT2D eigenvalue weighted by Crippen LogP contribution is 2.42. The quantitative estimate of drug-likeness (QED) is 0.183. The molecular weight excluding hydrogens is 591 g/mol. The third-order valence-corrected chi connectivity index (χ3v) is 10.6. The van der Waals surface area contributed by atoms with Gasteiger partial charge in [0.25, 0.3) is 0 Å². The van der Waals surface area contributed by atoms with Crippen LogP contribution < -0.4 is 4.90 Å². The Labute approximate surface area is 275 Å². The Balaban J connectivity index is 1.13. The molecule has 0 saturated carbocycles. The number of rotatable bonds is 4. The van der Waals surface area contributed by atoms with Crippen molar-refractivity contribution < 1.29 is 4.42 Å². The molecule has 0 amide bonds. The first-order valence-electron chi connectivity index (χ1n) is 15.9. The van der Waals surface area contributed by atoms with Crippen LogP contribution in [-0.4, -0.2) is 0 Å². The summed E-state index contributed by atoms with van der Waals surface area (Å²) in [5, 5.41) is 9.88. The minimum absolute atomic E-state index is 0.883. The zero-order valence-electron chi connectivity index (χ0n) is 25.4. The van der Waals surface area contributed by atoms with E-state index in [0.29, 0.717) is 0 Å². The lowest BCUT2D eigenvalue weighted by molar-refractivity contribution is 0.669. The fourth-order valence-electron chi connectivity index (χ4n) is 7.14. The van der Waals surface area contributed by atoms with Gasteiger partial charge in [0.15, 0.2) is 0 Å². The molecule has 3 heteroatoms. The molecule has 10 aromatic rings. The maximum absolute atomic E-state index is 6.35. The van der Waals surface area contributed by atoms with Gasteiger partial charge in [-0.2, -0.15) is 0 Å². The molecule has 0 aliphatic heterocycles. The fraction of sp³-hybridized carbons (Fsp3) is 0. The third-order valence-electron chi connectivity index (χ3n) is 9.45. The Kier molecular flexibility index (Phi) is 5.78. The van der Waals surface area contributed by atoms with E-state index in [1.165, 1.54) is 52.8 Å². The van der Waals surface area contributed by atoms with Crippen LogP contribution in [0.2, 0.25) is 0 Å². The number of thiophene rings is 1. The highest BCUT2D eigenvalue weighted by Gasteiger charge is 2.17. The zero-order valence-corrected chi connectivity index (χ0v) is 26.2. The Bertz CT molecular complexity index is 2810. The molecule has 2 nitrogen and oxygen atoms in total. The predicted octanol–water partition coefficient (Wildman–Crippen LogP) is 13.4. The Morgan fingerprint density at radius 2 is 0.957 bits per heavy atom. The van der Waals surface area contributed by atoms with Crippen molar-refractivity contribution >= 4 is 92.1 Å². The molecule has 0 fully saturated rings. The van der Waals surface area contributed by atoms with E-state index in [9.17, 15) is 0 Å². The molecule has 0 unspecified atom stereocenters. The van der Waals surface area contributed by atoms with Gasteiger partial charge in [0, 0.05) is 54.1 Å². The van der Waals surface area contributed by atoms with Gasteiger partial charge in [-0.3, -0.25) is 0 Å². The van der Waals surface area contributed by atoms with Crippen molar-refractivity contribution in [2.45, 2.75) is 0 Å². The van der Waals surface area contributed by atoms with E-state index in [2.05, 4.69) is 157 Å². The molecule has 10 rings (SSSR count). The first-order valence-corrected chi connectivity index (χ1v) is 16.7. The molecule has 47 heavy (non-hydrogen) atoms. The molecule has 8 aromatic carbocycles. The number of furan rings is 1. The Morgan fingerprint density at radius 1 is 0.362 bits per heavy atom. The molecule has 0 aliphatic rings. The zero-order chi connectivity index (χ0) is 30.9. The summed E-state index contributed by atoms with van der Waals surface area (Å²) in [5.41, 5.74) is 7.45. The van der Waals surface area contributed by atoms with Crippen molar-refractivity contribution in [3.05, 3.63) is 164 Å². The lowest BCUT2D eigenvalue weighted by Gasteiger charge is -2.26. The second-order valence-electron chi connectivity index (χ2n) is 12.2. The topological polar surface area (TPSA) is 16.4 Å². The molecular formula is C44H27NOS. The molecule has 2 aromatic heterocycles. The van der Waals surface area contributed by atoms with E-state index >= 15 is 0 Å². The van der Waals surface area contributed by atoms with Crippen molar-refractivity contribution in [3.8, 4) is 11.1 Å². The van der Waals surface area contributed by atoms with Crippen LogP contribution in [0.5, 0.6) is 0 Å². The van der Waals surface area contributed by atoms with Gasteiger partial charge in [-0.05, 0) is 87.3 Å². The van der Waals surface area contributed by atoms with E-state index in [-0.39, 0.29) is 0 Å². The van der Waals surface area contributed by atoms with Gasteiger partial charge in [-0.1, -0.05) is 103 Å². The SMILES string of the molecule is c1ccc2c(c1)ccc1ccc(N(c3ccc(-c4ccc5c(c4)sc4ccccc45)cc3)c3ccc4c(c3)oc3ccccc34)cc12. The van der Waals surface area contributed by atoms with Gasteiger partial charge < -0.3 is 9.32 Å². The number of anilines is 3. The molecule has 0 saturated heterocycles. The minimum Gasteiger partial charge on any atom is -0.456 e. The van der Waals surface area contributed by atoms with Crippen LogP contribution in [0.4, 0.5) is 17.1 Å². The summed E-state index contributed by atoms with van der Waals surface area (Å²) >= 11 is 1.86. The van der Waals surface area contributed by atoms with E-state index in [1.807, 2.05) is 23.5 Å². The van der Waals surface area contributed by atoms with Crippen molar-refractivity contribution in [3.63, 3.8) is 0 Å². The molecule has 0 N–H and O–H groups in total. The van der Waals surface area contributed by atoms with Crippen LogP contribution in [0.1, 0.15) is 0 Å². The van der Waals surface area contributed by atoms with Crippen LogP contribution in [0.3, 0.4) is 0 Å². The number of benzene rings is 8. The summed E-state index contributed by atoms with van der Waals surface area (Å²) in [5.74, 6) is 0. The van der Waals surface area contributed by atoms with Gasteiger partial charge in [0.2, 0.25) is 0 Å². The van der Waals surface area contributed by atoms with Crippen LogP contribution in [0.25, 0.3) is 74.8 Å². The highest BCUT2D eigenvalue weighted by molar-refractivity contribution is 7.25. The molecule has 2 heterocycles. The van der Waals surface area contributed by atoms with Crippen LogP contribution in [0.15, 0.2) is 168 Å². The molecule has 0 radical (unpaired) electrons. The maximum Gasteiger partial charge on any atom is 0.137 e. The Hall–Kier alpha value is -5.90. The van der Waals surface area contributed by atoms with Crippen molar-refractivity contribution in [2.24, 2.45) is 0 Å². The number of hydrogen-bond acceptors (Lipinski definition) is 3. The van der Waals surface area contributed by atoms with Gasteiger partial charge in [-0.25, -0.2) is 0 Å². The van der Waals surface area contributed by atoms with Crippen LogP contribution in [-0.2, 0) is 0 Å². The van der Waals surface area contributed by atoms with Gasteiger partial charge in [0.05, 0.1) is 0 Å². The lowest BCUT2D eigenvalue weighted by Crippen LogP contribution is -2.09. The average molecular weight is 618 g/mol. The summed E-state index contributed by atoms with van der Waals surface area (Å²) in [6.07, 6.45) is 0. The monoisotopic (exact) mass is 617 g/mol. The summed E-state index contributed by atoms with van der Waals surface area (Å²) < 4.78 is 9.00. The summed E-state index contributed by atoms with van der Waals surface area (Å²) in [7, 11) is 0. The number of para-hydroxylation sites is 1. The third kappa shape index (κ3) is 4.25. The highest BCUT2D eigenvalue weighted by atomic mass is 32.1. The number of hydrogen-bond donors (Lipinski definition) is 0. The van der Waals surface area contributed by atoms with Gasteiger partial charge in [0.1, 0.15) is 11.2 Å². The van der Waals surface area contributed by atoms with Crippen molar-refractivity contribution in [1.82, 2.24) is 0 Å². The van der Waals surface area contributed by atoms with Crippen LogP contribution in [0, 0.1) is 0 Å². The lowest BCUT2D eigenvalue weighted by atomic mass is 10.0. The maximum atomic E-state index is 6.35. The fourth-order valence-corrected chi connectivity index (χ4v) is 8.28. The predicted molar refractivity (Wildman–Crippen MR) is 202 cm³/mol. The van der Waals surface area contributed by atoms with E-state index in [4.69, 9.17) is 4.42 Å². The average Bonchev–Trinajstić information content (AvgIpc) is 3.69.